The summed E-state index contributed by atoms with van der Waals surface area (Å²) >= 11 is 0. The van der Waals surface area contributed by atoms with E-state index in [0.717, 1.165) is 16.3 Å². The van der Waals surface area contributed by atoms with Crippen molar-refractivity contribution in [3.05, 3.63) is 83.7 Å². The molecule has 6 nitrogen and oxygen atoms in total. The number of carbonyl (C=O) groups excluding carboxylic acids is 3. The zero-order valence-corrected chi connectivity index (χ0v) is 17.1. The molecule has 7 heteroatoms. The zero-order valence-electron chi connectivity index (χ0n) is 17.1. The highest BCUT2D eigenvalue weighted by molar-refractivity contribution is 5.92. The number of nitrogens with one attached hydrogen (secondary N) is 2. The predicted molar refractivity (Wildman–Crippen MR) is 116 cm³/mol. The van der Waals surface area contributed by atoms with Crippen LogP contribution in [0.1, 0.15) is 18.1 Å². The van der Waals surface area contributed by atoms with Crippen molar-refractivity contribution in [1.82, 2.24) is 10.6 Å². The lowest BCUT2D eigenvalue weighted by Crippen LogP contribution is -2.54. The second-order valence-electron chi connectivity index (χ2n) is 7.39. The van der Waals surface area contributed by atoms with Crippen molar-refractivity contribution < 1.29 is 18.8 Å². The molecule has 0 aliphatic rings. The maximum Gasteiger partial charge on any atom is 0.243 e. The maximum absolute atomic E-state index is 13.5. The fourth-order valence-electron chi connectivity index (χ4n) is 3.54. The average molecular weight is 421 g/mol. The van der Waals surface area contributed by atoms with Crippen LogP contribution in [0.2, 0.25) is 0 Å². The van der Waals surface area contributed by atoms with Gasteiger partial charge < -0.3 is 16.4 Å². The van der Waals surface area contributed by atoms with Gasteiger partial charge in [0.05, 0.1) is 0 Å². The van der Waals surface area contributed by atoms with Crippen LogP contribution in [0.3, 0.4) is 0 Å². The minimum atomic E-state index is -0.978. The van der Waals surface area contributed by atoms with Crippen molar-refractivity contribution in [3.63, 3.8) is 0 Å². The number of amides is 3. The summed E-state index contributed by atoms with van der Waals surface area (Å²) in [5.41, 5.74) is 6.96. The number of hydrogen-bond donors (Lipinski definition) is 3. The van der Waals surface area contributed by atoms with Gasteiger partial charge in [0.15, 0.2) is 0 Å². The number of rotatable bonds is 8. The number of benzene rings is 3. The molecule has 0 saturated heterocycles. The number of carbonyl (C=O) groups is 3. The normalized spacial score (nSPS) is 12.7. The van der Waals surface area contributed by atoms with Gasteiger partial charge in [-0.3, -0.25) is 14.4 Å². The summed E-state index contributed by atoms with van der Waals surface area (Å²) < 4.78 is 13.5. The molecule has 3 aromatic carbocycles. The van der Waals surface area contributed by atoms with Gasteiger partial charge in [-0.05, 0) is 34.0 Å². The Morgan fingerprint density at radius 3 is 2.32 bits per heavy atom. The standard InChI is InChI=1S/C24H24FN3O3/c1-15(29)27-22(13-16-6-4-10-19(25)12-16)24(31)28-21(23(26)30)14-18-9-5-8-17-7-2-3-11-20(17)18/h2-12,21-22H,13-14H2,1H3,(H2,26,30)(H,27,29)(H,28,31)/t21-,22-/m0/s1. The molecule has 4 N–H and O–H groups in total. The van der Waals surface area contributed by atoms with Crippen LogP contribution >= 0.6 is 0 Å². The van der Waals surface area contributed by atoms with Crippen LogP contribution in [0.5, 0.6) is 0 Å². The summed E-state index contributed by atoms with van der Waals surface area (Å²) in [6, 6.07) is 17.3. The first-order chi connectivity index (χ1) is 14.8. The van der Waals surface area contributed by atoms with Crippen LogP contribution < -0.4 is 16.4 Å². The molecular weight excluding hydrogens is 397 g/mol. The van der Waals surface area contributed by atoms with E-state index < -0.39 is 35.6 Å². The molecule has 0 aliphatic heterocycles. The van der Waals surface area contributed by atoms with E-state index in [2.05, 4.69) is 10.6 Å². The topological polar surface area (TPSA) is 101 Å². The first-order valence-corrected chi connectivity index (χ1v) is 9.91. The molecule has 0 radical (unpaired) electrons. The third kappa shape index (κ3) is 5.88. The van der Waals surface area contributed by atoms with Crippen molar-refractivity contribution in [2.24, 2.45) is 5.73 Å². The fourth-order valence-corrected chi connectivity index (χ4v) is 3.54. The first-order valence-electron chi connectivity index (χ1n) is 9.91. The predicted octanol–water partition coefficient (Wildman–Crippen LogP) is 2.24. The quantitative estimate of drug-likeness (QED) is 0.520. The van der Waals surface area contributed by atoms with Gasteiger partial charge in [-0.25, -0.2) is 4.39 Å². The van der Waals surface area contributed by atoms with Gasteiger partial charge in [-0.15, -0.1) is 0 Å². The van der Waals surface area contributed by atoms with E-state index in [1.54, 1.807) is 6.07 Å². The summed E-state index contributed by atoms with van der Waals surface area (Å²) in [6.07, 6.45) is 0.276. The van der Waals surface area contributed by atoms with Crippen LogP contribution in [-0.4, -0.2) is 29.8 Å². The highest BCUT2D eigenvalue weighted by atomic mass is 19.1. The summed E-state index contributed by atoms with van der Waals surface area (Å²) in [5, 5.41) is 7.18. The van der Waals surface area contributed by atoms with Crippen molar-refractivity contribution in [2.75, 3.05) is 0 Å². The third-order valence-electron chi connectivity index (χ3n) is 4.99. The molecule has 3 aromatic rings. The maximum atomic E-state index is 13.5. The van der Waals surface area contributed by atoms with Crippen LogP contribution in [0.25, 0.3) is 10.8 Å². The molecule has 0 unspecified atom stereocenters. The Morgan fingerprint density at radius 1 is 0.903 bits per heavy atom. The van der Waals surface area contributed by atoms with Crippen molar-refractivity contribution in [1.29, 1.82) is 0 Å². The lowest BCUT2D eigenvalue weighted by molar-refractivity contribution is -0.130. The molecule has 31 heavy (non-hydrogen) atoms. The van der Waals surface area contributed by atoms with Gasteiger partial charge >= 0.3 is 0 Å². The molecule has 0 aliphatic carbocycles. The second kappa shape index (κ2) is 9.84. The molecular formula is C24H24FN3O3. The highest BCUT2D eigenvalue weighted by Crippen LogP contribution is 2.20. The summed E-state index contributed by atoms with van der Waals surface area (Å²) in [4.78, 5) is 36.6. The number of fused-ring (bicyclic) bond motifs is 1. The first kappa shape index (κ1) is 22.0. The van der Waals surface area contributed by atoms with Gasteiger partial charge in [0.25, 0.3) is 0 Å². The molecule has 0 spiro atoms. The lowest BCUT2D eigenvalue weighted by atomic mass is 9.98. The Hall–Kier alpha value is -3.74. The van der Waals surface area contributed by atoms with E-state index in [9.17, 15) is 18.8 Å². The fraction of sp³-hybridized carbons (Fsp3) is 0.208. The van der Waals surface area contributed by atoms with E-state index in [0.29, 0.717) is 5.56 Å². The Balaban J connectivity index is 1.79. The van der Waals surface area contributed by atoms with Gasteiger partial charge in [0, 0.05) is 19.8 Å². The Bertz CT molecular complexity index is 1110. The largest absolute Gasteiger partial charge is 0.368 e. The monoisotopic (exact) mass is 421 g/mol. The Morgan fingerprint density at radius 2 is 1.61 bits per heavy atom. The van der Waals surface area contributed by atoms with Crippen molar-refractivity contribution >= 4 is 28.5 Å². The van der Waals surface area contributed by atoms with Crippen LogP contribution in [0.4, 0.5) is 4.39 Å². The summed E-state index contributed by atoms with van der Waals surface area (Å²) in [5.74, 6) is -2.11. The second-order valence-corrected chi connectivity index (χ2v) is 7.39. The van der Waals surface area contributed by atoms with Crippen LogP contribution in [0.15, 0.2) is 66.7 Å². The number of halogens is 1. The van der Waals surface area contributed by atoms with Gasteiger partial charge in [-0.2, -0.15) is 0 Å². The van der Waals surface area contributed by atoms with Gasteiger partial charge in [0.2, 0.25) is 17.7 Å². The molecule has 0 heterocycles. The van der Waals surface area contributed by atoms with Crippen LogP contribution in [-0.2, 0) is 27.2 Å². The molecule has 160 valence electrons. The van der Waals surface area contributed by atoms with E-state index in [-0.39, 0.29) is 12.8 Å². The highest BCUT2D eigenvalue weighted by Gasteiger charge is 2.26. The van der Waals surface area contributed by atoms with Crippen molar-refractivity contribution in [3.8, 4) is 0 Å². The zero-order chi connectivity index (χ0) is 22.4. The SMILES string of the molecule is CC(=O)N[C@@H](Cc1cccc(F)c1)C(=O)N[C@@H](Cc1cccc2ccccc12)C(N)=O. The summed E-state index contributed by atoms with van der Waals surface area (Å²) in [7, 11) is 0. The lowest BCUT2D eigenvalue weighted by Gasteiger charge is -2.22. The van der Waals surface area contributed by atoms with E-state index in [1.807, 2.05) is 42.5 Å². The molecule has 0 aromatic heterocycles. The molecule has 0 saturated carbocycles. The van der Waals surface area contributed by atoms with Gasteiger partial charge in [0.1, 0.15) is 17.9 Å². The van der Waals surface area contributed by atoms with E-state index >= 15 is 0 Å². The minimum absolute atomic E-state index is 0.0723. The smallest absolute Gasteiger partial charge is 0.243 e. The minimum Gasteiger partial charge on any atom is -0.368 e. The van der Waals surface area contributed by atoms with Gasteiger partial charge in [-0.1, -0.05) is 54.6 Å². The molecule has 0 bridgehead atoms. The number of hydrogen-bond acceptors (Lipinski definition) is 3. The van der Waals surface area contributed by atoms with E-state index in [1.165, 1.54) is 25.1 Å². The third-order valence-corrected chi connectivity index (χ3v) is 4.99. The number of nitrogens with two attached hydrogens (primary N) is 1. The molecule has 0 fully saturated rings. The van der Waals surface area contributed by atoms with E-state index in [4.69, 9.17) is 5.73 Å². The van der Waals surface area contributed by atoms with Crippen LogP contribution in [0, 0.1) is 5.82 Å². The molecule has 3 amide bonds. The molecule has 3 rings (SSSR count). The average Bonchev–Trinajstić information content (AvgIpc) is 2.72. The summed E-state index contributed by atoms with van der Waals surface area (Å²) in [6.45, 7) is 1.29. The molecule has 2 atom stereocenters. The number of primary amides is 1. The Labute approximate surface area is 179 Å². The van der Waals surface area contributed by atoms with Crippen molar-refractivity contribution in [2.45, 2.75) is 31.8 Å². The Kier molecular flexibility index (Phi) is 6.97.